The summed E-state index contributed by atoms with van der Waals surface area (Å²) in [5.74, 6) is 0. The summed E-state index contributed by atoms with van der Waals surface area (Å²) in [6.45, 7) is 0.827. The monoisotopic (exact) mass is 334 g/mol. The first-order valence-corrected chi connectivity index (χ1v) is 4.81. The minimum atomic E-state index is 0.394. The van der Waals surface area contributed by atoms with Crippen molar-refractivity contribution in [1.82, 2.24) is 0 Å². The quantitative estimate of drug-likeness (QED) is 0.583. The van der Waals surface area contributed by atoms with Gasteiger partial charge in [0.05, 0.1) is 10.00 Å². The predicted octanol–water partition coefficient (Wildman–Crippen LogP) is 2.90. The molecule has 0 N–H and O–H groups in total. The van der Waals surface area contributed by atoms with Crippen molar-refractivity contribution in [1.29, 1.82) is 0 Å². The number of rotatable bonds is 4. The molecule has 0 amide bonds. The Labute approximate surface area is 84.4 Å². The molecule has 0 unspecified atom stereocenters. The van der Waals surface area contributed by atoms with Gasteiger partial charge in [-0.25, -0.2) is 0 Å². The molecule has 5 heteroatoms. The minimum absolute atomic E-state index is 0.394. The number of carbonyl (C=O) groups excluding carboxylic acids is 1. The maximum atomic E-state index is 9.68. The second kappa shape index (κ2) is 6.37. The van der Waals surface area contributed by atoms with Crippen LogP contribution in [0.5, 0.6) is 0 Å². The summed E-state index contributed by atoms with van der Waals surface area (Å²) in [7, 11) is 0. The first-order chi connectivity index (χ1) is 4.68. The van der Waals surface area contributed by atoms with Crippen molar-refractivity contribution in [3.63, 3.8) is 0 Å². The second-order valence-corrected chi connectivity index (χ2v) is 4.99. The average molecular weight is 337 g/mol. The molecule has 0 aromatic carbocycles. The second-order valence-electron chi connectivity index (χ2n) is 1.38. The number of ether oxygens (including phenoxy) is 1. The van der Waals surface area contributed by atoms with E-state index in [0.717, 1.165) is 7.87 Å². The smallest absolute Gasteiger partial charge is 0.293 e. The van der Waals surface area contributed by atoms with E-state index in [9.17, 15) is 4.79 Å². The Balaban J connectivity index is 3.49. The molecule has 0 aromatic heterocycles. The first kappa shape index (κ1) is 10.7. The van der Waals surface area contributed by atoms with Crippen LogP contribution in [0.25, 0.3) is 0 Å². The summed E-state index contributed by atoms with van der Waals surface area (Å²) in [4.78, 5) is 9.68. The number of halogens is 3. The van der Waals surface area contributed by atoms with E-state index in [2.05, 4.69) is 52.5 Å². The van der Waals surface area contributed by atoms with E-state index in [1.54, 1.807) is 0 Å². The lowest BCUT2D eigenvalue weighted by molar-refractivity contribution is -0.128. The van der Waals surface area contributed by atoms with E-state index in [1.165, 1.54) is 0 Å². The highest BCUT2D eigenvalue weighted by Gasteiger charge is 1.96. The van der Waals surface area contributed by atoms with Gasteiger partial charge in [0.15, 0.2) is 0 Å². The summed E-state index contributed by atoms with van der Waals surface area (Å²) >= 11 is 9.66. The molecule has 0 radical (unpaired) electrons. The van der Waals surface area contributed by atoms with Crippen LogP contribution in [0.4, 0.5) is 0 Å². The van der Waals surface area contributed by atoms with Gasteiger partial charge in [-0.3, -0.25) is 4.79 Å². The molecule has 0 heterocycles. The van der Waals surface area contributed by atoms with Gasteiger partial charge >= 0.3 is 0 Å². The van der Waals surface area contributed by atoms with E-state index in [-0.39, 0.29) is 0 Å². The summed E-state index contributed by atoms with van der Waals surface area (Å²) in [5, 5.41) is 0. The molecular weight excluding hydrogens is 332 g/mol. The summed E-state index contributed by atoms with van der Waals surface area (Å²) in [6, 6.07) is 0. The standard InChI is InChI=1S/C5H5Br3O2/c6-4(5(7)8)1-2-10-3-9/h3H,1-2H2. The molecule has 0 aromatic rings. The van der Waals surface area contributed by atoms with Gasteiger partial charge in [0.2, 0.25) is 0 Å². The summed E-state index contributed by atoms with van der Waals surface area (Å²) in [5.41, 5.74) is 0. The normalized spacial score (nSPS) is 8.70. The molecule has 0 aliphatic rings. The molecule has 0 saturated heterocycles. The van der Waals surface area contributed by atoms with Gasteiger partial charge in [0, 0.05) is 10.9 Å². The third-order valence-electron chi connectivity index (χ3n) is 0.713. The summed E-state index contributed by atoms with van der Waals surface area (Å²) in [6.07, 6.45) is 0.671. The molecule has 0 aliphatic heterocycles. The fourth-order valence-corrected chi connectivity index (χ4v) is 0.850. The Morgan fingerprint density at radius 2 is 2.00 bits per heavy atom. The molecule has 0 aliphatic carbocycles. The predicted molar refractivity (Wildman–Crippen MR) is 50.4 cm³/mol. The van der Waals surface area contributed by atoms with E-state index >= 15 is 0 Å². The highest BCUT2D eigenvalue weighted by atomic mass is 79.9. The van der Waals surface area contributed by atoms with Crippen LogP contribution in [-0.2, 0) is 9.53 Å². The molecule has 0 fully saturated rings. The van der Waals surface area contributed by atoms with Crippen molar-refractivity contribution in [3.8, 4) is 0 Å². The van der Waals surface area contributed by atoms with E-state index in [0.29, 0.717) is 19.5 Å². The maximum absolute atomic E-state index is 9.68. The van der Waals surface area contributed by atoms with Gasteiger partial charge in [-0.15, -0.1) is 0 Å². The Kier molecular flexibility index (Phi) is 6.78. The summed E-state index contributed by atoms with van der Waals surface area (Å²) < 4.78 is 6.25. The molecule has 0 atom stereocenters. The lowest BCUT2D eigenvalue weighted by atomic mass is 10.5. The lowest BCUT2D eigenvalue weighted by Crippen LogP contribution is -1.90. The van der Waals surface area contributed by atoms with Crippen LogP contribution >= 0.6 is 47.8 Å². The Bertz CT molecular complexity index is 140. The molecule has 2 nitrogen and oxygen atoms in total. The molecule has 0 rings (SSSR count). The third kappa shape index (κ3) is 5.44. The zero-order chi connectivity index (χ0) is 7.98. The topological polar surface area (TPSA) is 26.3 Å². The van der Waals surface area contributed by atoms with Gasteiger partial charge in [0.1, 0.15) is 0 Å². The fraction of sp³-hybridized carbons (Fsp3) is 0.400. The first-order valence-electron chi connectivity index (χ1n) is 2.43. The van der Waals surface area contributed by atoms with Crippen molar-refractivity contribution >= 4 is 54.3 Å². The van der Waals surface area contributed by atoms with E-state index in [4.69, 9.17) is 0 Å². The fourth-order valence-electron chi connectivity index (χ4n) is 0.291. The zero-order valence-corrected chi connectivity index (χ0v) is 9.70. The van der Waals surface area contributed by atoms with Crippen LogP contribution in [0.2, 0.25) is 0 Å². The van der Waals surface area contributed by atoms with Gasteiger partial charge < -0.3 is 4.74 Å². The largest absolute Gasteiger partial charge is 0.468 e. The maximum Gasteiger partial charge on any atom is 0.293 e. The molecule has 0 bridgehead atoms. The Hall–Kier alpha value is 0.650. The van der Waals surface area contributed by atoms with E-state index < -0.39 is 0 Å². The van der Waals surface area contributed by atoms with Crippen LogP contribution in [0, 0.1) is 0 Å². The van der Waals surface area contributed by atoms with Crippen LogP contribution in [0.1, 0.15) is 6.42 Å². The van der Waals surface area contributed by atoms with Crippen molar-refractivity contribution in [2.45, 2.75) is 6.42 Å². The van der Waals surface area contributed by atoms with Gasteiger partial charge in [-0.1, -0.05) is 15.9 Å². The van der Waals surface area contributed by atoms with Gasteiger partial charge in [0.25, 0.3) is 6.47 Å². The number of hydrogen-bond acceptors (Lipinski definition) is 2. The minimum Gasteiger partial charge on any atom is -0.468 e. The molecule has 0 saturated carbocycles. The molecular formula is C5H5Br3O2. The highest BCUT2D eigenvalue weighted by Crippen LogP contribution is 2.25. The van der Waals surface area contributed by atoms with Gasteiger partial charge in [-0.05, 0) is 31.9 Å². The van der Waals surface area contributed by atoms with Crippen molar-refractivity contribution in [2.75, 3.05) is 6.61 Å². The van der Waals surface area contributed by atoms with Crippen LogP contribution in [0.15, 0.2) is 7.87 Å². The highest BCUT2D eigenvalue weighted by molar-refractivity contribution is 9.29. The zero-order valence-electron chi connectivity index (χ0n) is 4.94. The number of hydrogen-bond donors (Lipinski definition) is 0. The molecule has 0 spiro atoms. The SMILES string of the molecule is O=COCCC(Br)=C(Br)Br. The van der Waals surface area contributed by atoms with Crippen molar-refractivity contribution in [3.05, 3.63) is 7.87 Å². The van der Waals surface area contributed by atoms with Crippen molar-refractivity contribution < 1.29 is 9.53 Å². The lowest BCUT2D eigenvalue weighted by Gasteiger charge is -1.97. The van der Waals surface area contributed by atoms with Crippen LogP contribution < -0.4 is 0 Å². The van der Waals surface area contributed by atoms with Crippen LogP contribution in [0.3, 0.4) is 0 Å². The molecule has 10 heavy (non-hydrogen) atoms. The van der Waals surface area contributed by atoms with Crippen molar-refractivity contribution in [2.24, 2.45) is 0 Å². The third-order valence-corrected chi connectivity index (χ3v) is 3.53. The Morgan fingerprint density at radius 3 is 2.40 bits per heavy atom. The average Bonchev–Trinajstić information content (AvgIpc) is 1.88. The van der Waals surface area contributed by atoms with Gasteiger partial charge in [-0.2, -0.15) is 0 Å². The Morgan fingerprint density at radius 1 is 1.40 bits per heavy atom. The number of carbonyl (C=O) groups is 1. The molecule has 58 valence electrons. The van der Waals surface area contributed by atoms with E-state index in [1.807, 2.05) is 0 Å². The van der Waals surface area contributed by atoms with Crippen LogP contribution in [-0.4, -0.2) is 13.1 Å².